The third kappa shape index (κ3) is 4.72. The smallest absolute Gasteiger partial charge is 0.161 e. The van der Waals surface area contributed by atoms with Crippen molar-refractivity contribution in [2.45, 2.75) is 33.0 Å². The monoisotopic (exact) mass is 287 g/mol. The lowest BCUT2D eigenvalue weighted by molar-refractivity contribution is 0.230. The van der Waals surface area contributed by atoms with Crippen molar-refractivity contribution in [3.05, 3.63) is 48.0 Å². The highest BCUT2D eigenvalue weighted by molar-refractivity contribution is 5.43. The summed E-state index contributed by atoms with van der Waals surface area (Å²) in [6.07, 6.45) is 3.42. The molecule has 0 unspecified atom stereocenters. The van der Waals surface area contributed by atoms with Gasteiger partial charge in [0.05, 0.1) is 18.9 Å². The molecule has 0 amide bonds. The molecule has 2 rings (SSSR count). The van der Waals surface area contributed by atoms with Crippen molar-refractivity contribution in [2.24, 2.45) is 0 Å². The molecule has 0 atom stereocenters. The summed E-state index contributed by atoms with van der Waals surface area (Å²) in [5.74, 6) is 1.53. The number of methoxy groups -OCH3 is 1. The third-order valence-corrected chi connectivity index (χ3v) is 2.87. The Hall–Kier alpha value is -2.14. The summed E-state index contributed by atoms with van der Waals surface area (Å²) in [5.41, 5.74) is 2.11. The van der Waals surface area contributed by atoms with Gasteiger partial charge in [-0.1, -0.05) is 6.07 Å². The summed E-state index contributed by atoms with van der Waals surface area (Å²) in [7, 11) is 1.65. The average Bonchev–Trinajstić information content (AvgIpc) is 2.49. The molecule has 1 aromatic carbocycles. The molecule has 2 aromatic rings. The van der Waals surface area contributed by atoms with Gasteiger partial charge in [-0.3, -0.25) is 0 Å². The third-order valence-electron chi connectivity index (χ3n) is 2.87. The van der Waals surface area contributed by atoms with E-state index in [1.807, 2.05) is 38.1 Å². The molecular weight excluding hydrogens is 266 g/mol. The zero-order valence-electron chi connectivity index (χ0n) is 12.7. The molecular formula is C16H21N3O2. The number of hydrogen-bond donors (Lipinski definition) is 1. The van der Waals surface area contributed by atoms with Crippen LogP contribution in [-0.2, 0) is 13.1 Å². The van der Waals surface area contributed by atoms with Gasteiger partial charge in [-0.05, 0) is 37.6 Å². The van der Waals surface area contributed by atoms with Crippen LogP contribution in [0.3, 0.4) is 0 Å². The number of nitrogens with zero attached hydrogens (tertiary/aromatic N) is 2. The summed E-state index contributed by atoms with van der Waals surface area (Å²) in [6, 6.07) is 7.87. The predicted octanol–water partition coefficient (Wildman–Crippen LogP) is 2.56. The van der Waals surface area contributed by atoms with Crippen LogP contribution in [0.2, 0.25) is 0 Å². The molecule has 1 heterocycles. The maximum Gasteiger partial charge on any atom is 0.161 e. The molecule has 112 valence electrons. The van der Waals surface area contributed by atoms with Gasteiger partial charge in [-0.25, -0.2) is 9.97 Å². The highest BCUT2D eigenvalue weighted by Gasteiger charge is 2.07. The number of ether oxygens (including phenoxy) is 2. The number of rotatable bonds is 7. The zero-order valence-corrected chi connectivity index (χ0v) is 12.7. The maximum atomic E-state index is 5.70. The lowest BCUT2D eigenvalue weighted by Gasteiger charge is -2.14. The molecule has 0 aliphatic carbocycles. The number of nitrogens with one attached hydrogen (secondary N) is 1. The van der Waals surface area contributed by atoms with Gasteiger partial charge in [0, 0.05) is 19.3 Å². The number of hydrogen-bond acceptors (Lipinski definition) is 5. The van der Waals surface area contributed by atoms with Gasteiger partial charge in [0.2, 0.25) is 0 Å². The van der Waals surface area contributed by atoms with Crippen molar-refractivity contribution in [3.63, 3.8) is 0 Å². The van der Waals surface area contributed by atoms with Crippen molar-refractivity contribution in [2.75, 3.05) is 7.11 Å². The Morgan fingerprint density at radius 2 is 2.00 bits per heavy atom. The van der Waals surface area contributed by atoms with Crippen molar-refractivity contribution < 1.29 is 9.47 Å². The Kier molecular flexibility index (Phi) is 5.51. The zero-order chi connectivity index (χ0) is 15.1. The largest absolute Gasteiger partial charge is 0.493 e. The molecule has 0 spiro atoms. The van der Waals surface area contributed by atoms with E-state index in [2.05, 4.69) is 15.3 Å². The quantitative estimate of drug-likeness (QED) is 0.848. The van der Waals surface area contributed by atoms with Gasteiger partial charge in [0.1, 0.15) is 6.33 Å². The molecule has 21 heavy (non-hydrogen) atoms. The van der Waals surface area contributed by atoms with E-state index in [1.54, 1.807) is 19.6 Å². The Labute approximate surface area is 125 Å². The van der Waals surface area contributed by atoms with Gasteiger partial charge in [0.15, 0.2) is 11.5 Å². The van der Waals surface area contributed by atoms with Crippen LogP contribution in [0.1, 0.15) is 25.1 Å². The van der Waals surface area contributed by atoms with Crippen molar-refractivity contribution in [1.82, 2.24) is 15.3 Å². The molecule has 1 aromatic heterocycles. The first-order valence-corrected chi connectivity index (χ1v) is 6.98. The summed E-state index contributed by atoms with van der Waals surface area (Å²) >= 11 is 0. The molecule has 0 aliphatic heterocycles. The van der Waals surface area contributed by atoms with Crippen molar-refractivity contribution in [1.29, 1.82) is 0 Å². The lowest BCUT2D eigenvalue weighted by atomic mass is 10.2. The highest BCUT2D eigenvalue weighted by Crippen LogP contribution is 2.28. The van der Waals surface area contributed by atoms with Crippen LogP contribution in [0.4, 0.5) is 0 Å². The second kappa shape index (κ2) is 7.59. The number of benzene rings is 1. The molecule has 1 N–H and O–H groups in total. The fraction of sp³-hybridized carbons (Fsp3) is 0.375. The summed E-state index contributed by atoms with van der Waals surface area (Å²) < 4.78 is 11.1. The van der Waals surface area contributed by atoms with Crippen LogP contribution >= 0.6 is 0 Å². The normalized spacial score (nSPS) is 10.7. The van der Waals surface area contributed by atoms with Gasteiger partial charge in [-0.2, -0.15) is 0 Å². The fourth-order valence-electron chi connectivity index (χ4n) is 1.93. The van der Waals surface area contributed by atoms with E-state index in [4.69, 9.17) is 9.47 Å². The second-order valence-electron chi connectivity index (χ2n) is 4.96. The standard InChI is InChI=1S/C16H21N3O2/c1-12(2)21-15-5-4-13(8-16(15)20-3)9-18-10-14-6-7-17-11-19-14/h4-8,11-12,18H,9-10H2,1-3H3. The minimum atomic E-state index is 0.126. The average molecular weight is 287 g/mol. The summed E-state index contributed by atoms with van der Waals surface area (Å²) in [4.78, 5) is 8.07. The van der Waals surface area contributed by atoms with Crippen LogP contribution in [0.5, 0.6) is 11.5 Å². The Morgan fingerprint density at radius 1 is 1.14 bits per heavy atom. The molecule has 0 radical (unpaired) electrons. The molecule has 0 fully saturated rings. The van der Waals surface area contributed by atoms with Crippen molar-refractivity contribution >= 4 is 0 Å². The molecule has 5 nitrogen and oxygen atoms in total. The molecule has 0 bridgehead atoms. The first kappa shape index (κ1) is 15.3. The fourth-order valence-corrected chi connectivity index (χ4v) is 1.93. The molecule has 0 saturated carbocycles. The van der Waals surface area contributed by atoms with Gasteiger partial charge >= 0.3 is 0 Å². The molecule has 0 aliphatic rings. The first-order valence-electron chi connectivity index (χ1n) is 6.98. The second-order valence-corrected chi connectivity index (χ2v) is 4.96. The van der Waals surface area contributed by atoms with Gasteiger partial charge in [-0.15, -0.1) is 0 Å². The minimum Gasteiger partial charge on any atom is -0.493 e. The number of aromatic nitrogens is 2. The van der Waals surface area contributed by atoms with Gasteiger partial charge in [0.25, 0.3) is 0 Å². The van der Waals surface area contributed by atoms with Crippen molar-refractivity contribution in [3.8, 4) is 11.5 Å². The molecule has 5 heteroatoms. The summed E-state index contributed by atoms with van der Waals surface area (Å²) in [6.45, 7) is 5.44. The molecule has 0 saturated heterocycles. The Morgan fingerprint density at radius 3 is 2.67 bits per heavy atom. The van der Waals surface area contributed by atoms with E-state index in [0.717, 1.165) is 29.3 Å². The van der Waals surface area contributed by atoms with E-state index >= 15 is 0 Å². The minimum absolute atomic E-state index is 0.126. The predicted molar refractivity (Wildman–Crippen MR) is 81.3 cm³/mol. The summed E-state index contributed by atoms with van der Waals surface area (Å²) in [5, 5.41) is 3.34. The van der Waals surface area contributed by atoms with E-state index in [1.165, 1.54) is 0 Å². The van der Waals surface area contributed by atoms with E-state index < -0.39 is 0 Å². The van der Waals surface area contributed by atoms with Crippen LogP contribution in [-0.4, -0.2) is 23.2 Å². The van der Waals surface area contributed by atoms with Crippen LogP contribution in [0.25, 0.3) is 0 Å². The lowest BCUT2D eigenvalue weighted by Crippen LogP contribution is -2.14. The van der Waals surface area contributed by atoms with Gasteiger partial charge < -0.3 is 14.8 Å². The van der Waals surface area contributed by atoms with E-state index in [-0.39, 0.29) is 6.10 Å². The van der Waals surface area contributed by atoms with E-state index in [0.29, 0.717) is 6.54 Å². The van der Waals surface area contributed by atoms with Crippen LogP contribution in [0.15, 0.2) is 36.8 Å². The Balaban J connectivity index is 1.94. The van der Waals surface area contributed by atoms with Crippen LogP contribution in [0, 0.1) is 0 Å². The topological polar surface area (TPSA) is 56.3 Å². The maximum absolute atomic E-state index is 5.70. The highest BCUT2D eigenvalue weighted by atomic mass is 16.5. The van der Waals surface area contributed by atoms with E-state index in [9.17, 15) is 0 Å². The van der Waals surface area contributed by atoms with Crippen LogP contribution < -0.4 is 14.8 Å². The first-order chi connectivity index (χ1) is 10.2. The SMILES string of the molecule is COc1cc(CNCc2ccncn2)ccc1OC(C)C. The Bertz CT molecular complexity index is 559.